The zero-order valence-electron chi connectivity index (χ0n) is 11.2. The van der Waals surface area contributed by atoms with Crippen molar-refractivity contribution in [3.05, 3.63) is 29.8 Å². The lowest BCUT2D eigenvalue weighted by Crippen LogP contribution is -2.28. The van der Waals surface area contributed by atoms with Gasteiger partial charge in [-0.05, 0) is 18.1 Å². The third-order valence-corrected chi connectivity index (χ3v) is 2.69. The van der Waals surface area contributed by atoms with Gasteiger partial charge < -0.3 is 15.4 Å². The smallest absolute Gasteiger partial charge is 0.221 e. The van der Waals surface area contributed by atoms with Crippen LogP contribution < -0.4 is 10.6 Å². The SMILES string of the molecule is CCc1ccccc1NCCC(=O)NCCOC. The number of anilines is 1. The maximum absolute atomic E-state index is 11.5. The van der Waals surface area contributed by atoms with E-state index in [-0.39, 0.29) is 5.91 Å². The molecule has 0 aliphatic heterocycles. The summed E-state index contributed by atoms with van der Waals surface area (Å²) in [6, 6.07) is 8.17. The van der Waals surface area contributed by atoms with Gasteiger partial charge in [0.1, 0.15) is 0 Å². The van der Waals surface area contributed by atoms with E-state index >= 15 is 0 Å². The van der Waals surface area contributed by atoms with Crippen LogP contribution in [0.1, 0.15) is 18.9 Å². The van der Waals surface area contributed by atoms with Gasteiger partial charge >= 0.3 is 0 Å². The average molecular weight is 250 g/mol. The minimum Gasteiger partial charge on any atom is -0.384 e. The van der Waals surface area contributed by atoms with E-state index in [1.807, 2.05) is 18.2 Å². The third-order valence-electron chi connectivity index (χ3n) is 2.69. The lowest BCUT2D eigenvalue weighted by atomic mass is 10.1. The molecule has 0 aliphatic rings. The van der Waals surface area contributed by atoms with E-state index in [1.165, 1.54) is 5.56 Å². The number of hydrogen-bond donors (Lipinski definition) is 2. The van der Waals surface area contributed by atoms with Gasteiger partial charge in [-0.15, -0.1) is 0 Å². The quantitative estimate of drug-likeness (QED) is 0.692. The summed E-state index contributed by atoms with van der Waals surface area (Å²) in [7, 11) is 1.62. The van der Waals surface area contributed by atoms with Crippen LogP contribution in [0.25, 0.3) is 0 Å². The van der Waals surface area contributed by atoms with E-state index in [4.69, 9.17) is 4.74 Å². The molecule has 0 saturated carbocycles. The number of ether oxygens (including phenoxy) is 1. The number of hydrogen-bond acceptors (Lipinski definition) is 3. The van der Waals surface area contributed by atoms with Gasteiger partial charge in [0, 0.05) is 32.3 Å². The fourth-order valence-electron chi connectivity index (χ4n) is 1.69. The summed E-state index contributed by atoms with van der Waals surface area (Å²) in [5.74, 6) is 0.0496. The normalized spacial score (nSPS) is 10.1. The fourth-order valence-corrected chi connectivity index (χ4v) is 1.69. The van der Waals surface area contributed by atoms with Gasteiger partial charge in [0.15, 0.2) is 0 Å². The highest BCUT2D eigenvalue weighted by Gasteiger charge is 2.02. The van der Waals surface area contributed by atoms with Crippen molar-refractivity contribution in [2.45, 2.75) is 19.8 Å². The first-order valence-electron chi connectivity index (χ1n) is 6.35. The molecule has 0 fully saturated rings. The standard InChI is InChI=1S/C14H22N2O2/c1-3-12-6-4-5-7-13(12)15-9-8-14(17)16-10-11-18-2/h4-7,15H,3,8-11H2,1-2H3,(H,16,17). The van der Waals surface area contributed by atoms with Crippen LogP contribution in [0.2, 0.25) is 0 Å². The molecule has 0 radical (unpaired) electrons. The van der Waals surface area contributed by atoms with Crippen LogP contribution in [-0.2, 0) is 16.0 Å². The largest absolute Gasteiger partial charge is 0.384 e. The fraction of sp³-hybridized carbons (Fsp3) is 0.500. The van der Waals surface area contributed by atoms with Crippen LogP contribution in [0.15, 0.2) is 24.3 Å². The van der Waals surface area contributed by atoms with E-state index in [0.717, 1.165) is 12.1 Å². The molecule has 0 aromatic heterocycles. The molecule has 18 heavy (non-hydrogen) atoms. The number of methoxy groups -OCH3 is 1. The Kier molecular flexibility index (Phi) is 6.87. The molecular weight excluding hydrogens is 228 g/mol. The predicted molar refractivity (Wildman–Crippen MR) is 73.8 cm³/mol. The molecule has 4 nitrogen and oxygen atoms in total. The number of rotatable bonds is 8. The first kappa shape index (κ1) is 14.5. The molecular formula is C14H22N2O2. The van der Waals surface area contributed by atoms with Crippen LogP contribution >= 0.6 is 0 Å². The van der Waals surface area contributed by atoms with E-state index in [9.17, 15) is 4.79 Å². The van der Waals surface area contributed by atoms with Crippen molar-refractivity contribution < 1.29 is 9.53 Å². The Labute approximate surface area is 109 Å². The van der Waals surface area contributed by atoms with Crippen molar-refractivity contribution in [2.24, 2.45) is 0 Å². The minimum atomic E-state index is 0.0496. The van der Waals surface area contributed by atoms with Gasteiger partial charge in [0.25, 0.3) is 0 Å². The van der Waals surface area contributed by atoms with Crippen LogP contribution in [0.5, 0.6) is 0 Å². The molecule has 0 aliphatic carbocycles. The van der Waals surface area contributed by atoms with E-state index < -0.39 is 0 Å². The summed E-state index contributed by atoms with van der Waals surface area (Å²) in [5.41, 5.74) is 2.39. The zero-order valence-corrected chi connectivity index (χ0v) is 11.2. The van der Waals surface area contributed by atoms with Crippen molar-refractivity contribution in [2.75, 3.05) is 32.1 Å². The second-order valence-electron chi connectivity index (χ2n) is 4.03. The highest BCUT2D eigenvalue weighted by atomic mass is 16.5. The van der Waals surface area contributed by atoms with Crippen LogP contribution in [0.3, 0.4) is 0 Å². The molecule has 1 amide bonds. The number of aryl methyl sites for hydroxylation is 1. The number of carbonyl (C=O) groups is 1. The maximum atomic E-state index is 11.5. The Morgan fingerprint density at radius 1 is 1.28 bits per heavy atom. The molecule has 100 valence electrons. The zero-order chi connectivity index (χ0) is 13.2. The van der Waals surface area contributed by atoms with E-state index in [0.29, 0.717) is 26.1 Å². The molecule has 1 aromatic carbocycles. The monoisotopic (exact) mass is 250 g/mol. The summed E-state index contributed by atoms with van der Waals surface area (Å²) >= 11 is 0. The van der Waals surface area contributed by atoms with Crippen molar-refractivity contribution >= 4 is 11.6 Å². The van der Waals surface area contributed by atoms with Gasteiger partial charge in [0.05, 0.1) is 6.61 Å². The van der Waals surface area contributed by atoms with Gasteiger partial charge in [-0.25, -0.2) is 0 Å². The number of nitrogens with one attached hydrogen (secondary N) is 2. The first-order valence-corrected chi connectivity index (χ1v) is 6.35. The average Bonchev–Trinajstić information content (AvgIpc) is 2.39. The van der Waals surface area contributed by atoms with Gasteiger partial charge in [-0.2, -0.15) is 0 Å². The predicted octanol–water partition coefficient (Wildman–Crippen LogP) is 1.81. The number of benzene rings is 1. The summed E-state index contributed by atoms with van der Waals surface area (Å²) in [6.45, 7) is 3.90. The van der Waals surface area contributed by atoms with Crippen molar-refractivity contribution in [1.29, 1.82) is 0 Å². The van der Waals surface area contributed by atoms with E-state index in [1.54, 1.807) is 7.11 Å². The number of para-hydroxylation sites is 1. The first-order chi connectivity index (χ1) is 8.77. The number of amides is 1. The Morgan fingerprint density at radius 2 is 2.06 bits per heavy atom. The van der Waals surface area contributed by atoms with Gasteiger partial charge in [0.2, 0.25) is 5.91 Å². The highest BCUT2D eigenvalue weighted by Crippen LogP contribution is 2.14. The summed E-state index contributed by atoms with van der Waals surface area (Å²) in [6.07, 6.45) is 1.46. The lowest BCUT2D eigenvalue weighted by molar-refractivity contribution is -0.121. The minimum absolute atomic E-state index is 0.0496. The Bertz CT molecular complexity index is 367. The van der Waals surface area contributed by atoms with Crippen LogP contribution in [-0.4, -0.2) is 32.7 Å². The topological polar surface area (TPSA) is 50.4 Å². The molecule has 0 spiro atoms. The molecule has 0 bridgehead atoms. The summed E-state index contributed by atoms with van der Waals surface area (Å²) < 4.78 is 4.87. The summed E-state index contributed by atoms with van der Waals surface area (Å²) in [5, 5.41) is 6.09. The summed E-state index contributed by atoms with van der Waals surface area (Å²) in [4.78, 5) is 11.5. The second kappa shape index (κ2) is 8.53. The molecule has 1 rings (SSSR count). The third kappa shape index (κ3) is 5.19. The molecule has 0 atom stereocenters. The highest BCUT2D eigenvalue weighted by molar-refractivity contribution is 5.76. The van der Waals surface area contributed by atoms with Gasteiger partial charge in [-0.3, -0.25) is 4.79 Å². The Morgan fingerprint density at radius 3 is 2.78 bits per heavy atom. The van der Waals surface area contributed by atoms with Crippen molar-refractivity contribution in [3.8, 4) is 0 Å². The second-order valence-corrected chi connectivity index (χ2v) is 4.03. The van der Waals surface area contributed by atoms with Gasteiger partial charge in [-0.1, -0.05) is 25.1 Å². The molecule has 0 saturated heterocycles. The molecule has 0 heterocycles. The Balaban J connectivity index is 2.26. The van der Waals surface area contributed by atoms with E-state index in [2.05, 4.69) is 23.6 Å². The number of carbonyl (C=O) groups excluding carboxylic acids is 1. The Hall–Kier alpha value is -1.55. The molecule has 0 unspecified atom stereocenters. The molecule has 1 aromatic rings. The van der Waals surface area contributed by atoms with Crippen LogP contribution in [0, 0.1) is 0 Å². The molecule has 4 heteroatoms. The van der Waals surface area contributed by atoms with Crippen LogP contribution in [0.4, 0.5) is 5.69 Å². The van der Waals surface area contributed by atoms with Crippen molar-refractivity contribution in [1.82, 2.24) is 5.32 Å². The molecule has 2 N–H and O–H groups in total. The lowest BCUT2D eigenvalue weighted by Gasteiger charge is -2.10. The van der Waals surface area contributed by atoms with Crippen molar-refractivity contribution in [3.63, 3.8) is 0 Å². The maximum Gasteiger partial charge on any atom is 0.221 e.